The zero-order valence-electron chi connectivity index (χ0n) is 15.9. The molecule has 2 fully saturated rings. The Bertz CT molecular complexity index is 616. The number of benzene rings is 1. The number of ether oxygens (including phenoxy) is 2. The maximum atomic E-state index is 6.00. The summed E-state index contributed by atoms with van der Waals surface area (Å²) in [6.07, 6.45) is 11.4. The van der Waals surface area contributed by atoms with Gasteiger partial charge >= 0.3 is 0 Å². The molecule has 4 nitrogen and oxygen atoms in total. The normalized spacial score (nSPS) is 22.8. The van der Waals surface area contributed by atoms with E-state index in [2.05, 4.69) is 17.0 Å². The highest BCUT2D eigenvalue weighted by Crippen LogP contribution is 2.36. The lowest BCUT2D eigenvalue weighted by molar-refractivity contribution is 0.204. The molecule has 0 amide bonds. The molecule has 1 saturated carbocycles. The van der Waals surface area contributed by atoms with E-state index >= 15 is 0 Å². The van der Waals surface area contributed by atoms with Gasteiger partial charge in [-0.2, -0.15) is 0 Å². The van der Waals surface area contributed by atoms with E-state index in [1.807, 2.05) is 12.1 Å². The monoisotopic (exact) mass is 356 g/mol. The second kappa shape index (κ2) is 8.43. The Hall–Kier alpha value is -1.55. The highest BCUT2D eigenvalue weighted by molar-refractivity contribution is 5.95. The van der Waals surface area contributed by atoms with Crippen molar-refractivity contribution in [1.82, 2.24) is 4.90 Å². The Morgan fingerprint density at radius 3 is 2.69 bits per heavy atom. The molecule has 1 aromatic carbocycles. The van der Waals surface area contributed by atoms with E-state index in [1.165, 1.54) is 64.5 Å². The third kappa shape index (κ3) is 4.40. The van der Waals surface area contributed by atoms with Crippen molar-refractivity contribution in [2.45, 2.75) is 63.3 Å². The van der Waals surface area contributed by atoms with Crippen LogP contribution < -0.4 is 4.74 Å². The smallest absolute Gasteiger partial charge is 0.216 e. The molecule has 2 aliphatic heterocycles. The number of hydrogen-bond acceptors (Lipinski definition) is 4. The van der Waals surface area contributed by atoms with Crippen LogP contribution in [0.15, 0.2) is 29.3 Å². The van der Waals surface area contributed by atoms with Crippen molar-refractivity contribution in [3.8, 4) is 5.75 Å². The average Bonchev–Trinajstić information content (AvgIpc) is 3.10. The second-order valence-corrected chi connectivity index (χ2v) is 8.12. The zero-order valence-corrected chi connectivity index (χ0v) is 15.9. The van der Waals surface area contributed by atoms with Gasteiger partial charge in [0.1, 0.15) is 12.4 Å². The fourth-order valence-electron chi connectivity index (χ4n) is 4.48. The van der Waals surface area contributed by atoms with Gasteiger partial charge in [0.2, 0.25) is 5.90 Å². The van der Waals surface area contributed by atoms with Gasteiger partial charge in [0.15, 0.2) is 0 Å². The summed E-state index contributed by atoms with van der Waals surface area (Å²) in [6.45, 7) is 5.20. The quantitative estimate of drug-likeness (QED) is 0.708. The molecule has 1 saturated heterocycles. The van der Waals surface area contributed by atoms with E-state index < -0.39 is 0 Å². The van der Waals surface area contributed by atoms with Crippen LogP contribution in [-0.2, 0) is 4.74 Å². The molecule has 0 aromatic heterocycles. The molecule has 1 spiro atoms. The molecule has 3 aliphatic rings. The molecular formula is C22H32N2O2. The van der Waals surface area contributed by atoms with Crippen LogP contribution in [0.1, 0.15) is 63.4 Å². The Morgan fingerprint density at radius 2 is 1.85 bits per heavy atom. The molecular weight excluding hydrogens is 324 g/mol. The van der Waals surface area contributed by atoms with Gasteiger partial charge in [-0.3, -0.25) is 0 Å². The van der Waals surface area contributed by atoms with Gasteiger partial charge in [0.05, 0.1) is 12.1 Å². The predicted octanol–water partition coefficient (Wildman–Crippen LogP) is 4.42. The van der Waals surface area contributed by atoms with Crippen LogP contribution in [0.5, 0.6) is 5.75 Å². The van der Waals surface area contributed by atoms with Crippen LogP contribution in [-0.4, -0.2) is 49.2 Å². The number of hydrogen-bond donors (Lipinski definition) is 0. The van der Waals surface area contributed by atoms with Gasteiger partial charge < -0.3 is 14.4 Å². The van der Waals surface area contributed by atoms with Crippen LogP contribution in [0.3, 0.4) is 0 Å². The molecule has 1 aromatic rings. The molecule has 2 heterocycles. The summed E-state index contributed by atoms with van der Waals surface area (Å²) in [5.74, 6) is 1.74. The summed E-state index contributed by atoms with van der Waals surface area (Å²) in [5, 5.41) is 0. The van der Waals surface area contributed by atoms with Crippen molar-refractivity contribution in [3.63, 3.8) is 0 Å². The first kappa shape index (κ1) is 17.8. The van der Waals surface area contributed by atoms with Gasteiger partial charge in [-0.05, 0) is 63.4 Å². The van der Waals surface area contributed by atoms with Crippen LogP contribution in [0.4, 0.5) is 0 Å². The lowest BCUT2D eigenvalue weighted by Gasteiger charge is -2.27. The van der Waals surface area contributed by atoms with E-state index in [9.17, 15) is 0 Å². The van der Waals surface area contributed by atoms with Crippen LogP contribution in [0.25, 0.3) is 0 Å². The van der Waals surface area contributed by atoms with E-state index in [0.29, 0.717) is 0 Å². The Labute approximate surface area is 157 Å². The first-order valence-corrected chi connectivity index (χ1v) is 10.5. The van der Waals surface area contributed by atoms with E-state index in [4.69, 9.17) is 14.5 Å². The third-order valence-corrected chi connectivity index (χ3v) is 6.02. The van der Waals surface area contributed by atoms with Gasteiger partial charge in [-0.15, -0.1) is 0 Å². The van der Waals surface area contributed by atoms with Crippen molar-refractivity contribution in [3.05, 3.63) is 29.8 Å². The topological polar surface area (TPSA) is 34.1 Å². The second-order valence-electron chi connectivity index (χ2n) is 8.12. The lowest BCUT2D eigenvalue weighted by atomic mass is 9.83. The first-order chi connectivity index (χ1) is 12.8. The molecule has 0 radical (unpaired) electrons. The molecule has 4 heteroatoms. The van der Waals surface area contributed by atoms with Gasteiger partial charge in [-0.1, -0.05) is 31.7 Å². The van der Waals surface area contributed by atoms with E-state index in [1.54, 1.807) is 0 Å². The number of rotatable bonds is 6. The van der Waals surface area contributed by atoms with Crippen molar-refractivity contribution in [2.24, 2.45) is 4.99 Å². The number of piperidine rings is 1. The summed E-state index contributed by atoms with van der Waals surface area (Å²) in [7, 11) is 0. The van der Waals surface area contributed by atoms with Gasteiger partial charge in [-0.25, -0.2) is 4.99 Å². The molecule has 1 aliphatic carbocycles. The van der Waals surface area contributed by atoms with Crippen LogP contribution in [0.2, 0.25) is 0 Å². The molecule has 0 atom stereocenters. The Morgan fingerprint density at radius 1 is 1.04 bits per heavy atom. The van der Waals surface area contributed by atoms with Crippen molar-refractivity contribution < 1.29 is 9.47 Å². The largest absolute Gasteiger partial charge is 0.494 e. The van der Waals surface area contributed by atoms with E-state index in [-0.39, 0.29) is 5.54 Å². The molecule has 0 N–H and O–H groups in total. The SMILES string of the molecule is c1cc(OCCCN2CCCCC2)cc(C2=NC3(CCCCC3)CO2)c1. The fourth-order valence-corrected chi connectivity index (χ4v) is 4.48. The average molecular weight is 357 g/mol. The van der Waals surface area contributed by atoms with Gasteiger partial charge in [0.25, 0.3) is 0 Å². The Kier molecular flexibility index (Phi) is 5.78. The maximum absolute atomic E-state index is 6.00. The van der Waals surface area contributed by atoms with E-state index in [0.717, 1.165) is 43.4 Å². The maximum Gasteiger partial charge on any atom is 0.216 e. The molecule has 4 rings (SSSR count). The molecule has 142 valence electrons. The van der Waals surface area contributed by atoms with Crippen molar-refractivity contribution >= 4 is 5.90 Å². The fraction of sp³-hybridized carbons (Fsp3) is 0.682. The minimum Gasteiger partial charge on any atom is -0.494 e. The van der Waals surface area contributed by atoms with Crippen molar-refractivity contribution in [2.75, 3.05) is 32.8 Å². The minimum atomic E-state index is 0.0545. The zero-order chi connectivity index (χ0) is 17.7. The highest BCUT2D eigenvalue weighted by atomic mass is 16.5. The standard InChI is InChI=1S/C22H32N2O2/c1-3-11-22(12-4-1)18-26-21(23-22)19-9-7-10-20(17-19)25-16-8-15-24-13-5-2-6-14-24/h7,9-10,17H,1-6,8,11-16,18H2. The predicted molar refractivity (Wildman–Crippen MR) is 105 cm³/mol. The first-order valence-electron chi connectivity index (χ1n) is 10.5. The minimum absolute atomic E-state index is 0.0545. The van der Waals surface area contributed by atoms with Crippen LogP contribution >= 0.6 is 0 Å². The summed E-state index contributed by atoms with van der Waals surface area (Å²) in [6, 6.07) is 8.26. The summed E-state index contributed by atoms with van der Waals surface area (Å²) in [5.41, 5.74) is 1.11. The summed E-state index contributed by atoms with van der Waals surface area (Å²) < 4.78 is 12.0. The highest BCUT2D eigenvalue weighted by Gasteiger charge is 2.38. The summed E-state index contributed by atoms with van der Waals surface area (Å²) >= 11 is 0. The molecule has 26 heavy (non-hydrogen) atoms. The number of aliphatic imine (C=N–C) groups is 1. The van der Waals surface area contributed by atoms with Crippen LogP contribution in [0, 0.1) is 0 Å². The van der Waals surface area contributed by atoms with Gasteiger partial charge in [0, 0.05) is 12.1 Å². The molecule has 0 unspecified atom stereocenters. The van der Waals surface area contributed by atoms with Crippen molar-refractivity contribution in [1.29, 1.82) is 0 Å². The lowest BCUT2D eigenvalue weighted by Crippen LogP contribution is -2.31. The number of likely N-dealkylation sites (tertiary alicyclic amines) is 1. The number of nitrogens with zero attached hydrogens (tertiary/aromatic N) is 2. The third-order valence-electron chi connectivity index (χ3n) is 6.02. The summed E-state index contributed by atoms with van der Waals surface area (Å²) in [4.78, 5) is 7.54. The molecule has 0 bridgehead atoms. The Balaban J connectivity index is 1.30.